The number of amidine groups is 1. The largest absolute Gasteiger partial charge is 0.481 e. The van der Waals surface area contributed by atoms with Crippen molar-refractivity contribution in [3.63, 3.8) is 0 Å². The van der Waals surface area contributed by atoms with Gasteiger partial charge in [0.15, 0.2) is 6.10 Å². The third-order valence-electron chi connectivity index (χ3n) is 5.34. The summed E-state index contributed by atoms with van der Waals surface area (Å²) in [6.07, 6.45) is -4.13. The number of carbonyl (C=O) groups excluding carboxylic acids is 1. The number of aryl methyl sites for hydroxylation is 1. The minimum absolute atomic E-state index is 0.0471. The van der Waals surface area contributed by atoms with Gasteiger partial charge in [-0.3, -0.25) is 0 Å². The molecule has 0 saturated heterocycles. The van der Waals surface area contributed by atoms with Gasteiger partial charge in [-0.15, -0.1) is 0 Å². The predicted molar refractivity (Wildman–Crippen MR) is 112 cm³/mol. The van der Waals surface area contributed by atoms with E-state index in [1.807, 2.05) is 19.1 Å². The van der Waals surface area contributed by atoms with E-state index < -0.39 is 30.3 Å². The maximum absolute atomic E-state index is 13.0. The van der Waals surface area contributed by atoms with E-state index in [0.29, 0.717) is 23.7 Å². The number of benzene rings is 1. The zero-order valence-electron chi connectivity index (χ0n) is 18.4. The van der Waals surface area contributed by atoms with Crippen LogP contribution in [0.25, 0.3) is 0 Å². The van der Waals surface area contributed by atoms with Crippen molar-refractivity contribution in [2.24, 2.45) is 10.7 Å². The van der Waals surface area contributed by atoms with Gasteiger partial charge in [0.05, 0.1) is 6.04 Å². The first-order valence-electron chi connectivity index (χ1n) is 10.6. The molecule has 2 aliphatic rings. The first-order chi connectivity index (χ1) is 14.3. The molecule has 0 radical (unpaired) electrons. The number of halogens is 3. The summed E-state index contributed by atoms with van der Waals surface area (Å²) >= 11 is 0. The zero-order valence-corrected chi connectivity index (χ0v) is 18.4. The lowest BCUT2D eigenvalue weighted by Crippen LogP contribution is -2.41. The van der Waals surface area contributed by atoms with E-state index in [9.17, 15) is 18.0 Å². The molecule has 172 valence electrons. The second-order valence-corrected chi connectivity index (χ2v) is 9.12. The van der Waals surface area contributed by atoms with Crippen molar-refractivity contribution in [1.29, 1.82) is 0 Å². The molecule has 1 aliphatic heterocycles. The molecule has 6 nitrogen and oxygen atoms in total. The molecule has 1 aromatic carbocycles. The molecule has 1 heterocycles. The highest BCUT2D eigenvalue weighted by Crippen LogP contribution is 2.43. The third kappa shape index (κ3) is 5.83. The fourth-order valence-corrected chi connectivity index (χ4v) is 3.93. The quantitative estimate of drug-likeness (QED) is 0.677. The van der Waals surface area contributed by atoms with Crippen molar-refractivity contribution >= 4 is 17.6 Å². The number of fused-ring (bicyclic) bond motifs is 2. The maximum atomic E-state index is 13.0. The SMILES string of the molecule is C[C@@H]1Oc2cc3c(cc2N=C1N)[C@@H](N(CCCC(F)(F)F)C(=O)OC(C)(C)C)CCC3. The standard InChI is InChI=1S/C22H30F3N3O3/c1-13-19(26)27-16-12-15-14(11-18(16)30-13)7-5-8-17(15)28(10-6-9-22(23,24)25)20(29)31-21(2,3)4/h11-13,17H,5-10H2,1-4H3,(H2,26,27)/t13-,17-/m0/s1. The van der Waals surface area contributed by atoms with Gasteiger partial charge in [0.2, 0.25) is 0 Å². The number of alkyl halides is 3. The van der Waals surface area contributed by atoms with Gasteiger partial charge in [0, 0.05) is 13.0 Å². The van der Waals surface area contributed by atoms with Crippen LogP contribution in [0.1, 0.15) is 70.5 Å². The van der Waals surface area contributed by atoms with E-state index in [4.69, 9.17) is 15.2 Å². The summed E-state index contributed by atoms with van der Waals surface area (Å²) in [7, 11) is 0. The van der Waals surface area contributed by atoms with Gasteiger partial charge in [-0.1, -0.05) is 0 Å². The Morgan fingerprint density at radius 3 is 2.68 bits per heavy atom. The number of aliphatic imine (C=N–C) groups is 1. The maximum Gasteiger partial charge on any atom is 0.410 e. The highest BCUT2D eigenvalue weighted by atomic mass is 19.4. The minimum Gasteiger partial charge on any atom is -0.481 e. The molecule has 1 amide bonds. The molecule has 2 atom stereocenters. The average Bonchev–Trinajstić information content (AvgIpc) is 2.62. The van der Waals surface area contributed by atoms with Crippen molar-refractivity contribution in [2.75, 3.05) is 6.54 Å². The van der Waals surface area contributed by atoms with Crippen LogP contribution in [0, 0.1) is 0 Å². The monoisotopic (exact) mass is 441 g/mol. The van der Waals surface area contributed by atoms with Gasteiger partial charge in [-0.05, 0) is 76.6 Å². The number of rotatable bonds is 4. The molecule has 2 N–H and O–H groups in total. The van der Waals surface area contributed by atoms with Crippen molar-refractivity contribution in [1.82, 2.24) is 4.90 Å². The molecule has 9 heteroatoms. The van der Waals surface area contributed by atoms with E-state index in [2.05, 4.69) is 4.99 Å². The van der Waals surface area contributed by atoms with Crippen LogP contribution >= 0.6 is 0 Å². The Hall–Kier alpha value is -2.45. The van der Waals surface area contributed by atoms with Gasteiger partial charge < -0.3 is 20.1 Å². The lowest BCUT2D eigenvalue weighted by Gasteiger charge is -2.37. The van der Waals surface area contributed by atoms with E-state index >= 15 is 0 Å². The Morgan fingerprint density at radius 1 is 1.32 bits per heavy atom. The number of amides is 1. The van der Waals surface area contributed by atoms with Crippen LogP contribution in [0.4, 0.5) is 23.7 Å². The molecule has 3 rings (SSSR count). The number of hydrogen-bond acceptors (Lipinski definition) is 5. The van der Waals surface area contributed by atoms with E-state index in [-0.39, 0.29) is 19.1 Å². The van der Waals surface area contributed by atoms with E-state index in [1.165, 1.54) is 4.90 Å². The molecule has 0 aromatic heterocycles. The molecule has 0 bridgehead atoms. The van der Waals surface area contributed by atoms with Crippen molar-refractivity contribution in [2.45, 2.75) is 83.7 Å². The Balaban J connectivity index is 1.93. The zero-order chi connectivity index (χ0) is 23.0. The van der Waals surface area contributed by atoms with Crippen LogP contribution in [0.15, 0.2) is 17.1 Å². The van der Waals surface area contributed by atoms with Crippen molar-refractivity contribution < 1.29 is 27.4 Å². The number of carbonyl (C=O) groups is 1. The topological polar surface area (TPSA) is 77.2 Å². The number of ether oxygens (including phenoxy) is 2. The van der Waals surface area contributed by atoms with Gasteiger partial charge >= 0.3 is 12.3 Å². The van der Waals surface area contributed by atoms with Gasteiger partial charge in [-0.25, -0.2) is 9.79 Å². The van der Waals surface area contributed by atoms with Crippen LogP contribution < -0.4 is 10.5 Å². The van der Waals surface area contributed by atoms with Crippen LogP contribution in [-0.4, -0.2) is 41.3 Å². The Bertz CT molecular complexity index is 862. The normalized spacial score (nSPS) is 20.8. The lowest BCUT2D eigenvalue weighted by molar-refractivity contribution is -0.136. The van der Waals surface area contributed by atoms with Crippen molar-refractivity contribution in [3.05, 3.63) is 23.3 Å². The summed E-state index contributed by atoms with van der Waals surface area (Å²) in [5.74, 6) is 0.982. The molecule has 0 unspecified atom stereocenters. The molecule has 1 aliphatic carbocycles. The first-order valence-corrected chi connectivity index (χ1v) is 10.6. The van der Waals surface area contributed by atoms with Gasteiger partial charge in [0.25, 0.3) is 0 Å². The molecule has 0 spiro atoms. The predicted octanol–water partition coefficient (Wildman–Crippen LogP) is 5.41. The fraction of sp³-hybridized carbons (Fsp3) is 0.636. The third-order valence-corrected chi connectivity index (χ3v) is 5.34. The highest BCUT2D eigenvalue weighted by molar-refractivity contribution is 5.90. The summed E-state index contributed by atoms with van der Waals surface area (Å²) in [5.41, 5.74) is 7.60. The van der Waals surface area contributed by atoms with Crippen LogP contribution in [0.3, 0.4) is 0 Å². The summed E-state index contributed by atoms with van der Waals surface area (Å²) in [4.78, 5) is 18.8. The molecule has 0 saturated carbocycles. The number of nitrogens with zero attached hydrogens (tertiary/aromatic N) is 2. The van der Waals surface area contributed by atoms with E-state index in [1.54, 1.807) is 20.8 Å². The average molecular weight is 441 g/mol. The summed E-state index contributed by atoms with van der Waals surface area (Å²) in [6, 6.07) is 3.36. The number of nitrogens with two attached hydrogens (primary N) is 1. The summed E-state index contributed by atoms with van der Waals surface area (Å²) in [5, 5.41) is 0. The summed E-state index contributed by atoms with van der Waals surface area (Å²) in [6.45, 7) is 6.98. The molecule has 31 heavy (non-hydrogen) atoms. The van der Waals surface area contributed by atoms with Crippen LogP contribution in [0.5, 0.6) is 5.75 Å². The minimum atomic E-state index is -4.27. The van der Waals surface area contributed by atoms with Gasteiger partial charge in [0.1, 0.15) is 22.9 Å². The first kappa shape index (κ1) is 23.2. The summed E-state index contributed by atoms with van der Waals surface area (Å²) < 4.78 is 49.6. The molecule has 1 aromatic rings. The molecular formula is C22H30F3N3O3. The second-order valence-electron chi connectivity index (χ2n) is 9.12. The number of hydrogen-bond donors (Lipinski definition) is 1. The lowest BCUT2D eigenvalue weighted by atomic mass is 9.86. The Labute approximate surface area is 180 Å². The van der Waals surface area contributed by atoms with Crippen molar-refractivity contribution in [3.8, 4) is 5.75 Å². The van der Waals surface area contributed by atoms with E-state index in [0.717, 1.165) is 24.0 Å². The fourth-order valence-electron chi connectivity index (χ4n) is 3.93. The Kier molecular flexibility index (Phi) is 6.43. The van der Waals surface area contributed by atoms with Gasteiger partial charge in [-0.2, -0.15) is 13.2 Å². The molecular weight excluding hydrogens is 411 g/mol. The Morgan fingerprint density at radius 2 is 2.03 bits per heavy atom. The second kappa shape index (κ2) is 8.59. The smallest absolute Gasteiger partial charge is 0.410 e. The molecule has 0 fully saturated rings. The van der Waals surface area contributed by atoms with Crippen LogP contribution in [-0.2, 0) is 11.2 Å². The van der Waals surface area contributed by atoms with Crippen LogP contribution in [0.2, 0.25) is 0 Å². The highest BCUT2D eigenvalue weighted by Gasteiger charge is 2.35.